The van der Waals surface area contributed by atoms with E-state index >= 15 is 0 Å². The molecule has 198 valence electrons. The molecular weight excluding hydrogens is 481 g/mol. The number of hydroxylamine groups is 1. The van der Waals surface area contributed by atoms with Crippen molar-refractivity contribution in [1.29, 1.82) is 0 Å². The van der Waals surface area contributed by atoms with Crippen molar-refractivity contribution < 1.29 is 13.4 Å². The van der Waals surface area contributed by atoms with Gasteiger partial charge in [-0.2, -0.15) is 0 Å². The highest BCUT2D eigenvalue weighted by atomic mass is 35.5. The van der Waals surface area contributed by atoms with Gasteiger partial charge in [0.05, 0.1) is 17.4 Å². The number of hydrogen-bond donors (Lipinski definition) is 1. The summed E-state index contributed by atoms with van der Waals surface area (Å²) in [4.78, 5) is 6.45. The van der Waals surface area contributed by atoms with E-state index < -0.39 is 10.8 Å². The number of allylic oxidation sites excluding steroid dienone is 2. The van der Waals surface area contributed by atoms with Gasteiger partial charge in [-0.15, -0.1) is 0 Å². The van der Waals surface area contributed by atoms with Crippen molar-refractivity contribution in [3.63, 3.8) is 0 Å². The summed E-state index contributed by atoms with van der Waals surface area (Å²) in [5.41, 5.74) is 9.32. The molecule has 0 bridgehead atoms. The van der Waals surface area contributed by atoms with Crippen LogP contribution in [0.2, 0.25) is 0 Å². The average Bonchev–Trinajstić information content (AvgIpc) is 2.80. The predicted octanol–water partition coefficient (Wildman–Crippen LogP) is 8.65. The summed E-state index contributed by atoms with van der Waals surface area (Å²) < 4.78 is 26.7. The number of rotatable bonds is 14. The molecule has 6 heteroatoms. The highest BCUT2D eigenvalue weighted by Gasteiger charge is 2.36. The molecule has 1 atom stereocenters. The summed E-state index contributed by atoms with van der Waals surface area (Å²) in [6.45, 7) is 11.1. The molecule has 2 rings (SSSR count). The smallest absolute Gasteiger partial charge is 0.123 e. The molecule has 1 aromatic rings. The van der Waals surface area contributed by atoms with Gasteiger partial charge in [0.1, 0.15) is 5.82 Å². The van der Waals surface area contributed by atoms with Crippen molar-refractivity contribution in [3.8, 4) is 0 Å². The Morgan fingerprint density at radius 1 is 1.20 bits per heavy atom. The van der Waals surface area contributed by atoms with Crippen LogP contribution in [-0.2, 0) is 15.6 Å². The van der Waals surface area contributed by atoms with Crippen molar-refractivity contribution in [2.75, 3.05) is 12.4 Å². The first-order valence-electron chi connectivity index (χ1n) is 13.2. The maximum absolute atomic E-state index is 13.7. The van der Waals surface area contributed by atoms with E-state index in [4.69, 9.17) is 16.4 Å². The van der Waals surface area contributed by atoms with Gasteiger partial charge in [-0.1, -0.05) is 45.2 Å². The lowest BCUT2D eigenvalue weighted by Gasteiger charge is -2.42. The van der Waals surface area contributed by atoms with Crippen LogP contribution in [0.1, 0.15) is 96.1 Å². The number of halogens is 2. The van der Waals surface area contributed by atoms with E-state index in [1.54, 1.807) is 6.08 Å². The molecule has 1 fully saturated rings. The molecular formula is C29H45ClFNO2S. The van der Waals surface area contributed by atoms with E-state index in [-0.39, 0.29) is 11.2 Å². The fourth-order valence-electron chi connectivity index (χ4n) is 5.45. The van der Waals surface area contributed by atoms with Gasteiger partial charge in [-0.3, -0.25) is 14.5 Å². The summed E-state index contributed by atoms with van der Waals surface area (Å²) in [5.74, 6) is 0.958. The van der Waals surface area contributed by atoms with Crippen molar-refractivity contribution in [3.05, 3.63) is 52.0 Å². The van der Waals surface area contributed by atoms with Gasteiger partial charge < -0.3 is 0 Å². The molecule has 35 heavy (non-hydrogen) atoms. The number of benzene rings is 1. The Labute approximate surface area is 220 Å². The van der Waals surface area contributed by atoms with Crippen molar-refractivity contribution >= 4 is 22.4 Å². The van der Waals surface area contributed by atoms with Gasteiger partial charge in [0.25, 0.3) is 0 Å². The summed E-state index contributed by atoms with van der Waals surface area (Å²) in [6, 6.07) is 2.99. The summed E-state index contributed by atoms with van der Waals surface area (Å²) in [6.07, 6.45) is 12.9. The lowest BCUT2D eigenvalue weighted by atomic mass is 9.63. The number of nitrogens with one attached hydrogen (secondary N) is 1. The number of unbranched alkanes of at least 4 members (excludes halogenated alkanes) is 2. The molecule has 0 heterocycles. The largest absolute Gasteiger partial charge is 0.272 e. The van der Waals surface area contributed by atoms with E-state index in [9.17, 15) is 8.60 Å². The Morgan fingerprint density at radius 2 is 1.86 bits per heavy atom. The predicted molar refractivity (Wildman–Crippen MR) is 147 cm³/mol. The molecule has 0 aromatic heterocycles. The van der Waals surface area contributed by atoms with Crippen LogP contribution >= 0.6 is 11.6 Å². The maximum atomic E-state index is 13.7. The molecule has 0 spiro atoms. The van der Waals surface area contributed by atoms with Gasteiger partial charge in [-0.05, 0) is 111 Å². The molecule has 0 amide bonds. The molecule has 0 radical (unpaired) electrons. The first-order chi connectivity index (χ1) is 16.7. The molecule has 0 aliphatic heterocycles. The van der Waals surface area contributed by atoms with Crippen LogP contribution in [0.4, 0.5) is 4.39 Å². The van der Waals surface area contributed by atoms with Gasteiger partial charge in [0.2, 0.25) is 0 Å². The van der Waals surface area contributed by atoms with E-state index in [1.807, 2.05) is 13.8 Å². The minimum absolute atomic E-state index is 0.255. The van der Waals surface area contributed by atoms with Crippen LogP contribution in [0.3, 0.4) is 0 Å². The van der Waals surface area contributed by atoms with Crippen LogP contribution in [0.15, 0.2) is 39.9 Å². The Balaban J connectivity index is 2.02. The average molecular weight is 526 g/mol. The third-order valence-electron chi connectivity index (χ3n) is 7.65. The third kappa shape index (κ3) is 9.02. The van der Waals surface area contributed by atoms with Crippen LogP contribution in [0.5, 0.6) is 0 Å². The second-order valence-electron chi connectivity index (χ2n) is 10.4. The van der Waals surface area contributed by atoms with Crippen LogP contribution < -0.4 is 5.48 Å². The Bertz CT molecular complexity index is 864. The zero-order valence-corrected chi connectivity index (χ0v) is 23.9. The summed E-state index contributed by atoms with van der Waals surface area (Å²) in [7, 11) is -1.09. The quantitative estimate of drug-likeness (QED) is 0.195. The second kappa shape index (κ2) is 15.2. The molecule has 1 aliphatic rings. The normalized spacial score (nSPS) is 19.5. The zero-order valence-electron chi connectivity index (χ0n) is 22.4. The minimum atomic E-state index is -1.09. The first-order valence-corrected chi connectivity index (χ1v) is 15.0. The topological polar surface area (TPSA) is 38.3 Å². The molecule has 1 N–H and O–H groups in total. The van der Waals surface area contributed by atoms with Crippen molar-refractivity contribution in [2.24, 2.45) is 11.3 Å². The number of aryl methyl sites for hydroxylation is 2. The minimum Gasteiger partial charge on any atom is -0.272 e. The molecule has 3 nitrogen and oxygen atoms in total. The standard InChI is InChI=1S/C29H45ClFNO2S/c1-6-7-8-11-27(32-34-18-10-17-30)25-12-15-29(16-13-25,22(2)3)14-9-19-35(33)28-23(4)20-26(31)21-24(28)5/h10,17,20-22,32H,6-9,11-16,18-19H2,1-5H3. The summed E-state index contributed by atoms with van der Waals surface area (Å²) in [5, 5.41) is 0. The zero-order chi connectivity index (χ0) is 25.8. The van der Waals surface area contributed by atoms with Gasteiger partial charge in [0, 0.05) is 21.9 Å². The molecule has 1 saturated carbocycles. The first kappa shape index (κ1) is 30.1. The lowest BCUT2D eigenvalue weighted by Crippen LogP contribution is -2.32. The van der Waals surface area contributed by atoms with E-state index in [2.05, 4.69) is 26.3 Å². The fourth-order valence-corrected chi connectivity index (χ4v) is 6.97. The van der Waals surface area contributed by atoms with E-state index in [1.165, 1.54) is 48.2 Å². The highest BCUT2D eigenvalue weighted by molar-refractivity contribution is 7.85. The highest BCUT2D eigenvalue weighted by Crippen LogP contribution is 2.48. The van der Waals surface area contributed by atoms with E-state index in [0.29, 0.717) is 18.3 Å². The Morgan fingerprint density at radius 3 is 2.43 bits per heavy atom. The third-order valence-corrected chi connectivity index (χ3v) is 9.59. The Hall–Kier alpha value is -1.17. The van der Waals surface area contributed by atoms with Gasteiger partial charge in [-0.25, -0.2) is 4.39 Å². The summed E-state index contributed by atoms with van der Waals surface area (Å²) >= 11 is 5.61. The van der Waals surface area contributed by atoms with Crippen LogP contribution in [0.25, 0.3) is 0 Å². The van der Waals surface area contributed by atoms with Gasteiger partial charge >= 0.3 is 0 Å². The fraction of sp³-hybridized carbons (Fsp3) is 0.655. The second-order valence-corrected chi connectivity index (χ2v) is 12.1. The van der Waals surface area contributed by atoms with E-state index in [0.717, 1.165) is 61.0 Å². The lowest BCUT2D eigenvalue weighted by molar-refractivity contribution is 0.0786. The Kier molecular flexibility index (Phi) is 13.0. The molecule has 1 unspecified atom stereocenters. The van der Waals surface area contributed by atoms with Crippen LogP contribution in [-0.4, -0.2) is 16.6 Å². The van der Waals surface area contributed by atoms with Crippen molar-refractivity contribution in [2.45, 2.75) is 104 Å². The number of hydrogen-bond acceptors (Lipinski definition) is 3. The molecule has 0 saturated heterocycles. The van der Waals surface area contributed by atoms with Gasteiger partial charge in [0.15, 0.2) is 0 Å². The van der Waals surface area contributed by atoms with Crippen molar-refractivity contribution in [1.82, 2.24) is 5.48 Å². The SMILES string of the molecule is CCCCCC(NOCC=CCl)=C1CCC(CCCS(=O)c2c(C)cc(F)cc2C)(C(C)C)CC1. The van der Waals surface area contributed by atoms with Crippen LogP contribution in [0, 0.1) is 31.0 Å². The molecule has 1 aromatic carbocycles. The maximum Gasteiger partial charge on any atom is 0.123 e. The monoisotopic (exact) mass is 525 g/mol. The molecule has 1 aliphatic carbocycles.